The molecule has 0 bridgehead atoms. The van der Waals surface area contributed by atoms with Crippen LogP contribution in [-0.2, 0) is 5.54 Å². The number of hydrogen-bond donors (Lipinski definition) is 1. The largest absolute Gasteiger partial charge is 0.305 e. The second-order valence-electron chi connectivity index (χ2n) is 5.21. The van der Waals surface area contributed by atoms with Crippen LogP contribution in [0.1, 0.15) is 44.1 Å². The minimum atomic E-state index is 0.273. The first-order chi connectivity index (χ1) is 7.78. The molecule has 2 heteroatoms. The lowest BCUT2D eigenvalue weighted by molar-refractivity contribution is 0.134. The van der Waals surface area contributed by atoms with E-state index < -0.39 is 0 Å². The van der Waals surface area contributed by atoms with Gasteiger partial charge in [0, 0.05) is 16.6 Å². The predicted octanol–water partition coefficient (Wildman–Crippen LogP) is 3.86. The van der Waals surface area contributed by atoms with Crippen molar-refractivity contribution in [3.05, 3.63) is 34.9 Å². The van der Waals surface area contributed by atoms with Crippen molar-refractivity contribution < 1.29 is 0 Å². The normalized spacial score (nSPS) is 23.6. The second kappa shape index (κ2) is 4.05. The van der Waals surface area contributed by atoms with Gasteiger partial charge in [-0.1, -0.05) is 30.2 Å². The standard InChI is InChI=1S/C14H18ClN/c15-12-7-5-11(6-8-12)14(9-2-10-14)16-13-3-1-4-13/h5-8,13,16H,1-4,9-10H2. The molecule has 0 radical (unpaired) electrons. The Balaban J connectivity index is 1.80. The van der Waals surface area contributed by atoms with Gasteiger partial charge in [-0.25, -0.2) is 0 Å². The van der Waals surface area contributed by atoms with E-state index in [0.29, 0.717) is 0 Å². The van der Waals surface area contributed by atoms with Crippen LogP contribution < -0.4 is 5.32 Å². The van der Waals surface area contributed by atoms with Crippen molar-refractivity contribution in [2.45, 2.75) is 50.1 Å². The van der Waals surface area contributed by atoms with E-state index in [0.717, 1.165) is 11.1 Å². The predicted molar refractivity (Wildman–Crippen MR) is 67.8 cm³/mol. The summed E-state index contributed by atoms with van der Waals surface area (Å²) in [5.74, 6) is 0. The summed E-state index contributed by atoms with van der Waals surface area (Å²) in [6.07, 6.45) is 8.03. The Kier molecular flexibility index (Phi) is 2.68. The van der Waals surface area contributed by atoms with Gasteiger partial charge in [-0.15, -0.1) is 0 Å². The Hall–Kier alpha value is -0.530. The summed E-state index contributed by atoms with van der Waals surface area (Å²) in [5.41, 5.74) is 1.70. The summed E-state index contributed by atoms with van der Waals surface area (Å²) in [7, 11) is 0. The van der Waals surface area contributed by atoms with E-state index in [2.05, 4.69) is 17.4 Å². The van der Waals surface area contributed by atoms with Crippen LogP contribution in [0.4, 0.5) is 0 Å². The smallest absolute Gasteiger partial charge is 0.0436 e. The highest BCUT2D eigenvalue weighted by atomic mass is 35.5. The lowest BCUT2D eigenvalue weighted by Gasteiger charge is -2.47. The van der Waals surface area contributed by atoms with Crippen molar-refractivity contribution in [2.24, 2.45) is 0 Å². The van der Waals surface area contributed by atoms with E-state index in [1.165, 1.54) is 44.1 Å². The van der Waals surface area contributed by atoms with Crippen molar-refractivity contribution in [1.29, 1.82) is 0 Å². The molecule has 16 heavy (non-hydrogen) atoms. The fourth-order valence-electron chi connectivity index (χ4n) is 2.76. The molecule has 2 saturated carbocycles. The van der Waals surface area contributed by atoms with Crippen LogP contribution in [0.3, 0.4) is 0 Å². The molecule has 1 aromatic rings. The Morgan fingerprint density at radius 3 is 2.19 bits per heavy atom. The van der Waals surface area contributed by atoms with Gasteiger partial charge in [0.2, 0.25) is 0 Å². The van der Waals surface area contributed by atoms with Crippen molar-refractivity contribution in [2.75, 3.05) is 0 Å². The number of rotatable bonds is 3. The minimum absolute atomic E-state index is 0.273. The van der Waals surface area contributed by atoms with Crippen molar-refractivity contribution in [1.82, 2.24) is 5.32 Å². The maximum atomic E-state index is 5.95. The summed E-state index contributed by atoms with van der Waals surface area (Å²) < 4.78 is 0. The lowest BCUT2D eigenvalue weighted by atomic mass is 9.70. The molecule has 1 aromatic carbocycles. The van der Waals surface area contributed by atoms with E-state index in [1.807, 2.05) is 12.1 Å². The van der Waals surface area contributed by atoms with Gasteiger partial charge in [0.15, 0.2) is 0 Å². The molecule has 3 rings (SSSR count). The maximum absolute atomic E-state index is 5.95. The highest BCUT2D eigenvalue weighted by Gasteiger charge is 2.40. The Morgan fingerprint density at radius 1 is 1.06 bits per heavy atom. The monoisotopic (exact) mass is 235 g/mol. The zero-order valence-corrected chi connectivity index (χ0v) is 10.3. The van der Waals surface area contributed by atoms with E-state index in [-0.39, 0.29) is 5.54 Å². The van der Waals surface area contributed by atoms with E-state index in [1.54, 1.807) is 0 Å². The number of hydrogen-bond acceptors (Lipinski definition) is 1. The molecule has 0 unspecified atom stereocenters. The van der Waals surface area contributed by atoms with Gasteiger partial charge in [0.1, 0.15) is 0 Å². The molecule has 0 saturated heterocycles. The molecule has 0 atom stereocenters. The molecule has 0 aliphatic heterocycles. The minimum Gasteiger partial charge on any atom is -0.305 e. The SMILES string of the molecule is Clc1ccc(C2(NC3CCC3)CCC2)cc1. The summed E-state index contributed by atoms with van der Waals surface area (Å²) in [6, 6.07) is 9.16. The summed E-state index contributed by atoms with van der Waals surface area (Å²) in [5, 5.41) is 4.69. The average molecular weight is 236 g/mol. The molecule has 2 aliphatic rings. The van der Waals surface area contributed by atoms with Crippen molar-refractivity contribution in [3.63, 3.8) is 0 Å². The zero-order chi connectivity index (χ0) is 11.0. The fourth-order valence-corrected chi connectivity index (χ4v) is 2.88. The lowest BCUT2D eigenvalue weighted by Crippen LogP contribution is -2.54. The van der Waals surface area contributed by atoms with Gasteiger partial charge in [-0.3, -0.25) is 0 Å². The third-order valence-electron chi connectivity index (χ3n) is 4.19. The van der Waals surface area contributed by atoms with Crippen LogP contribution in [0, 0.1) is 0 Å². The topological polar surface area (TPSA) is 12.0 Å². The van der Waals surface area contributed by atoms with Crippen LogP contribution in [-0.4, -0.2) is 6.04 Å². The first kappa shape index (κ1) is 10.6. The molecule has 1 N–H and O–H groups in total. The summed E-state index contributed by atoms with van der Waals surface area (Å²) in [4.78, 5) is 0. The highest BCUT2D eigenvalue weighted by Crippen LogP contribution is 2.43. The van der Waals surface area contributed by atoms with Gasteiger partial charge in [-0.2, -0.15) is 0 Å². The first-order valence-corrected chi connectivity index (χ1v) is 6.70. The quantitative estimate of drug-likeness (QED) is 0.839. The first-order valence-electron chi connectivity index (χ1n) is 6.32. The fraction of sp³-hybridized carbons (Fsp3) is 0.571. The number of nitrogens with one attached hydrogen (secondary N) is 1. The molecule has 0 amide bonds. The Labute approximate surface area is 102 Å². The maximum Gasteiger partial charge on any atom is 0.0436 e. The van der Waals surface area contributed by atoms with Crippen LogP contribution in [0.25, 0.3) is 0 Å². The van der Waals surface area contributed by atoms with Gasteiger partial charge in [0.25, 0.3) is 0 Å². The van der Waals surface area contributed by atoms with Crippen molar-refractivity contribution >= 4 is 11.6 Å². The number of halogens is 1. The molecule has 2 aliphatic carbocycles. The third kappa shape index (κ3) is 1.76. The molecular formula is C14H18ClN. The molecule has 86 valence electrons. The average Bonchev–Trinajstić information content (AvgIpc) is 2.16. The summed E-state index contributed by atoms with van der Waals surface area (Å²) in [6.45, 7) is 0. The van der Waals surface area contributed by atoms with Gasteiger partial charge < -0.3 is 5.32 Å². The molecule has 0 aromatic heterocycles. The van der Waals surface area contributed by atoms with Gasteiger partial charge in [0.05, 0.1) is 0 Å². The molecule has 2 fully saturated rings. The molecule has 0 heterocycles. The van der Waals surface area contributed by atoms with E-state index in [4.69, 9.17) is 11.6 Å². The van der Waals surface area contributed by atoms with Crippen LogP contribution in [0.15, 0.2) is 24.3 Å². The Bertz CT molecular complexity index is 363. The van der Waals surface area contributed by atoms with Gasteiger partial charge >= 0.3 is 0 Å². The Morgan fingerprint density at radius 2 is 1.75 bits per heavy atom. The zero-order valence-electron chi connectivity index (χ0n) is 9.51. The molecular weight excluding hydrogens is 218 g/mol. The van der Waals surface area contributed by atoms with Crippen LogP contribution >= 0.6 is 11.6 Å². The van der Waals surface area contributed by atoms with Gasteiger partial charge in [-0.05, 0) is 49.8 Å². The van der Waals surface area contributed by atoms with E-state index in [9.17, 15) is 0 Å². The third-order valence-corrected chi connectivity index (χ3v) is 4.44. The van der Waals surface area contributed by atoms with Crippen LogP contribution in [0.5, 0.6) is 0 Å². The van der Waals surface area contributed by atoms with E-state index >= 15 is 0 Å². The van der Waals surface area contributed by atoms with Crippen molar-refractivity contribution in [3.8, 4) is 0 Å². The van der Waals surface area contributed by atoms with Crippen LogP contribution in [0.2, 0.25) is 5.02 Å². The second-order valence-corrected chi connectivity index (χ2v) is 5.65. The number of benzene rings is 1. The molecule has 1 nitrogen and oxygen atoms in total. The summed E-state index contributed by atoms with van der Waals surface area (Å²) >= 11 is 5.95. The highest BCUT2D eigenvalue weighted by molar-refractivity contribution is 6.30. The molecule has 0 spiro atoms.